The summed E-state index contributed by atoms with van der Waals surface area (Å²) < 4.78 is 0. The first-order chi connectivity index (χ1) is 7.43. The van der Waals surface area contributed by atoms with Gasteiger partial charge >= 0.3 is 0 Å². The van der Waals surface area contributed by atoms with Crippen molar-refractivity contribution in [3.05, 3.63) is 30.3 Å². The predicted octanol–water partition coefficient (Wildman–Crippen LogP) is 4.62. The number of rotatable bonds is 5. The van der Waals surface area contributed by atoms with Crippen molar-refractivity contribution in [2.75, 3.05) is 5.75 Å². The molecule has 2 heteroatoms. The summed E-state index contributed by atoms with van der Waals surface area (Å²) in [5.41, 5.74) is 0. The zero-order valence-electron chi connectivity index (χ0n) is 9.03. The minimum absolute atomic E-state index is 1.16. The SMILES string of the molecule is CCCCCSC#CSc1ccccc1. The third-order valence-corrected chi connectivity index (χ3v) is 3.46. The first-order valence-electron chi connectivity index (χ1n) is 5.27. The van der Waals surface area contributed by atoms with E-state index in [1.165, 1.54) is 24.2 Å². The van der Waals surface area contributed by atoms with Crippen LogP contribution in [0.4, 0.5) is 0 Å². The fraction of sp³-hybridized carbons (Fsp3) is 0.385. The molecule has 80 valence electrons. The number of thioether (sulfide) groups is 2. The molecule has 0 nitrogen and oxygen atoms in total. The van der Waals surface area contributed by atoms with Crippen molar-refractivity contribution in [1.29, 1.82) is 0 Å². The van der Waals surface area contributed by atoms with E-state index < -0.39 is 0 Å². The highest BCUT2D eigenvalue weighted by Gasteiger charge is 1.87. The summed E-state index contributed by atoms with van der Waals surface area (Å²) in [5, 5.41) is 6.23. The van der Waals surface area contributed by atoms with Crippen LogP contribution < -0.4 is 0 Å². The lowest BCUT2D eigenvalue weighted by molar-refractivity contribution is 0.779. The van der Waals surface area contributed by atoms with Gasteiger partial charge < -0.3 is 0 Å². The molecule has 1 aromatic carbocycles. The Morgan fingerprint density at radius 1 is 1.07 bits per heavy atom. The van der Waals surface area contributed by atoms with Gasteiger partial charge in [-0.3, -0.25) is 0 Å². The average Bonchev–Trinajstić information content (AvgIpc) is 2.29. The molecule has 0 aromatic heterocycles. The molecule has 15 heavy (non-hydrogen) atoms. The standard InChI is InChI=1S/C13H16S2/c1-2-3-7-10-14-11-12-15-13-8-5-4-6-9-13/h4-6,8-9H,2-3,7,10H2,1H3. The van der Waals surface area contributed by atoms with E-state index in [0.717, 1.165) is 5.75 Å². The number of unbranched alkanes of at least 4 members (excludes halogenated alkanes) is 2. The van der Waals surface area contributed by atoms with Gasteiger partial charge in [0.25, 0.3) is 0 Å². The zero-order chi connectivity index (χ0) is 10.8. The van der Waals surface area contributed by atoms with Gasteiger partial charge in [-0.25, -0.2) is 0 Å². The van der Waals surface area contributed by atoms with E-state index >= 15 is 0 Å². The van der Waals surface area contributed by atoms with Crippen molar-refractivity contribution in [3.8, 4) is 10.5 Å². The smallest absolute Gasteiger partial charge is 0.0203 e. The third kappa shape index (κ3) is 6.54. The van der Waals surface area contributed by atoms with Gasteiger partial charge in [0.1, 0.15) is 0 Å². The average molecular weight is 236 g/mol. The molecule has 0 bridgehead atoms. The van der Waals surface area contributed by atoms with Crippen LogP contribution in [0.2, 0.25) is 0 Å². The molecule has 0 heterocycles. The lowest BCUT2D eigenvalue weighted by atomic mass is 10.3. The summed E-state index contributed by atoms with van der Waals surface area (Å²) in [6.07, 6.45) is 3.89. The molecule has 1 rings (SSSR count). The Morgan fingerprint density at radius 3 is 2.60 bits per heavy atom. The highest BCUT2D eigenvalue weighted by Crippen LogP contribution is 2.15. The Morgan fingerprint density at radius 2 is 1.87 bits per heavy atom. The Hall–Kier alpha value is -0.520. The van der Waals surface area contributed by atoms with E-state index in [-0.39, 0.29) is 0 Å². The summed E-state index contributed by atoms with van der Waals surface area (Å²) in [5.74, 6) is 1.16. The molecule has 0 aliphatic rings. The van der Waals surface area contributed by atoms with E-state index in [1.54, 1.807) is 23.5 Å². The lowest BCUT2D eigenvalue weighted by Gasteiger charge is -1.92. The van der Waals surface area contributed by atoms with E-state index in [1.807, 2.05) is 18.2 Å². The molecule has 0 saturated heterocycles. The van der Waals surface area contributed by atoms with Crippen molar-refractivity contribution in [2.24, 2.45) is 0 Å². The fourth-order valence-electron chi connectivity index (χ4n) is 1.07. The molecular formula is C13H16S2. The first-order valence-corrected chi connectivity index (χ1v) is 7.07. The Kier molecular flexibility index (Phi) is 7.33. The summed E-state index contributed by atoms with van der Waals surface area (Å²) in [6, 6.07) is 10.3. The molecule has 0 N–H and O–H groups in total. The van der Waals surface area contributed by atoms with Crippen molar-refractivity contribution in [3.63, 3.8) is 0 Å². The highest BCUT2D eigenvalue weighted by atomic mass is 32.2. The molecule has 0 unspecified atom stereocenters. The summed E-state index contributed by atoms with van der Waals surface area (Å²) in [4.78, 5) is 1.22. The lowest BCUT2D eigenvalue weighted by Crippen LogP contribution is -1.75. The van der Waals surface area contributed by atoms with Crippen LogP contribution in [0.25, 0.3) is 0 Å². The monoisotopic (exact) mass is 236 g/mol. The molecule has 0 saturated carbocycles. The number of hydrogen-bond donors (Lipinski definition) is 0. The first kappa shape index (κ1) is 12.5. The van der Waals surface area contributed by atoms with Crippen LogP contribution in [0.1, 0.15) is 26.2 Å². The van der Waals surface area contributed by atoms with Crippen molar-refractivity contribution in [1.82, 2.24) is 0 Å². The van der Waals surface area contributed by atoms with Gasteiger partial charge in [0, 0.05) is 10.6 Å². The molecule has 0 amide bonds. The van der Waals surface area contributed by atoms with Gasteiger partial charge in [-0.1, -0.05) is 49.7 Å². The van der Waals surface area contributed by atoms with Crippen molar-refractivity contribution >= 4 is 23.5 Å². The Labute approximate surface area is 101 Å². The molecule has 0 aliphatic heterocycles. The minimum Gasteiger partial charge on any atom is -0.0742 e. The summed E-state index contributed by atoms with van der Waals surface area (Å²) in [6.45, 7) is 2.22. The maximum Gasteiger partial charge on any atom is 0.0203 e. The van der Waals surface area contributed by atoms with Crippen LogP contribution in [-0.2, 0) is 0 Å². The largest absolute Gasteiger partial charge is 0.0742 e. The Bertz CT molecular complexity index is 308. The van der Waals surface area contributed by atoms with Crippen LogP contribution in [0.15, 0.2) is 35.2 Å². The van der Waals surface area contributed by atoms with Gasteiger partial charge in [0.2, 0.25) is 0 Å². The molecule has 0 spiro atoms. The number of hydrogen-bond acceptors (Lipinski definition) is 2. The third-order valence-electron chi connectivity index (χ3n) is 1.88. The van der Waals surface area contributed by atoms with Crippen LogP contribution in [-0.4, -0.2) is 5.75 Å². The van der Waals surface area contributed by atoms with Crippen LogP contribution in [0.5, 0.6) is 0 Å². The predicted molar refractivity (Wildman–Crippen MR) is 72.1 cm³/mol. The van der Waals surface area contributed by atoms with Crippen molar-refractivity contribution in [2.45, 2.75) is 31.1 Å². The second-order valence-corrected chi connectivity index (χ2v) is 4.96. The van der Waals surface area contributed by atoms with E-state index in [4.69, 9.17) is 0 Å². The van der Waals surface area contributed by atoms with Crippen LogP contribution in [0.3, 0.4) is 0 Å². The fourth-order valence-corrected chi connectivity index (χ4v) is 2.34. The molecule has 0 aliphatic carbocycles. The van der Waals surface area contributed by atoms with E-state index in [2.05, 4.69) is 29.6 Å². The van der Waals surface area contributed by atoms with E-state index in [0.29, 0.717) is 0 Å². The zero-order valence-corrected chi connectivity index (χ0v) is 10.7. The highest BCUT2D eigenvalue weighted by molar-refractivity contribution is 8.07. The summed E-state index contributed by atoms with van der Waals surface area (Å²) in [7, 11) is 0. The van der Waals surface area contributed by atoms with Gasteiger partial charge in [0.15, 0.2) is 0 Å². The second-order valence-electron chi connectivity index (χ2n) is 3.17. The molecule has 0 atom stereocenters. The summed E-state index contributed by atoms with van der Waals surface area (Å²) >= 11 is 3.33. The normalized spacial score (nSPS) is 9.40. The minimum atomic E-state index is 1.16. The van der Waals surface area contributed by atoms with E-state index in [9.17, 15) is 0 Å². The molecule has 1 aromatic rings. The van der Waals surface area contributed by atoms with Crippen molar-refractivity contribution < 1.29 is 0 Å². The maximum absolute atomic E-state index is 3.12. The maximum atomic E-state index is 3.12. The van der Waals surface area contributed by atoms with Gasteiger partial charge in [-0.05, 0) is 40.8 Å². The Balaban J connectivity index is 2.12. The molecule has 0 radical (unpaired) electrons. The van der Waals surface area contributed by atoms with Gasteiger partial charge in [0.05, 0.1) is 0 Å². The van der Waals surface area contributed by atoms with Crippen LogP contribution in [0, 0.1) is 10.5 Å². The second kappa shape index (κ2) is 8.76. The van der Waals surface area contributed by atoms with Crippen LogP contribution >= 0.6 is 23.5 Å². The molecule has 0 fully saturated rings. The topological polar surface area (TPSA) is 0 Å². The van der Waals surface area contributed by atoms with Gasteiger partial charge in [-0.2, -0.15) is 0 Å². The number of benzene rings is 1. The van der Waals surface area contributed by atoms with Gasteiger partial charge in [-0.15, -0.1) is 0 Å². The quantitative estimate of drug-likeness (QED) is 0.415. The molecular weight excluding hydrogens is 220 g/mol.